The van der Waals surface area contributed by atoms with E-state index in [0.29, 0.717) is 6.04 Å². The second kappa shape index (κ2) is 6.17. The Hall–Kier alpha value is -1.02. The molecule has 2 bridgehead atoms. The van der Waals surface area contributed by atoms with Crippen LogP contribution in [-0.2, 0) is 0 Å². The maximum atomic E-state index is 6.22. The van der Waals surface area contributed by atoms with Gasteiger partial charge in [-0.05, 0) is 56.6 Å². The van der Waals surface area contributed by atoms with Crippen LogP contribution in [0.5, 0.6) is 5.75 Å². The lowest BCUT2D eigenvalue weighted by Crippen LogP contribution is -2.20. The maximum Gasteiger partial charge on any atom is 0.124 e. The summed E-state index contributed by atoms with van der Waals surface area (Å²) in [5.74, 6) is 3.83. The van der Waals surface area contributed by atoms with Gasteiger partial charge >= 0.3 is 0 Å². The fourth-order valence-corrected chi connectivity index (χ4v) is 4.26. The molecule has 1 aromatic carbocycles. The molecule has 2 aliphatic rings. The van der Waals surface area contributed by atoms with Gasteiger partial charge in [0.2, 0.25) is 0 Å². The molecule has 0 amide bonds. The Labute approximate surface area is 122 Å². The van der Waals surface area contributed by atoms with Crippen molar-refractivity contribution in [1.29, 1.82) is 0 Å². The molecule has 2 heteroatoms. The molecule has 0 saturated heterocycles. The van der Waals surface area contributed by atoms with Gasteiger partial charge in [-0.15, -0.1) is 0 Å². The Bertz CT molecular complexity index is 441. The highest BCUT2D eigenvalue weighted by molar-refractivity contribution is 5.35. The summed E-state index contributed by atoms with van der Waals surface area (Å²) < 4.78 is 6.22. The molecule has 4 unspecified atom stereocenters. The van der Waals surface area contributed by atoms with Gasteiger partial charge in [0.15, 0.2) is 0 Å². The number of fused-ring (bicyclic) bond motifs is 2. The van der Waals surface area contributed by atoms with Gasteiger partial charge in [0, 0.05) is 11.6 Å². The number of hydrogen-bond acceptors (Lipinski definition) is 2. The molecule has 110 valence electrons. The molecule has 2 saturated carbocycles. The number of rotatable bonds is 6. The van der Waals surface area contributed by atoms with Crippen molar-refractivity contribution < 1.29 is 4.74 Å². The normalized spacial score (nSPS) is 29.6. The molecular formula is C18H27NO. The minimum absolute atomic E-state index is 0.395. The maximum absolute atomic E-state index is 6.22. The Morgan fingerprint density at radius 3 is 2.75 bits per heavy atom. The minimum atomic E-state index is 0.395. The second-order valence-corrected chi connectivity index (χ2v) is 6.53. The van der Waals surface area contributed by atoms with E-state index in [0.717, 1.165) is 36.5 Å². The minimum Gasteiger partial charge on any atom is -0.493 e. The highest BCUT2D eigenvalue weighted by Gasteiger charge is 2.39. The van der Waals surface area contributed by atoms with E-state index >= 15 is 0 Å². The summed E-state index contributed by atoms with van der Waals surface area (Å²) in [6.45, 7) is 3.13. The monoisotopic (exact) mass is 273 g/mol. The zero-order valence-electron chi connectivity index (χ0n) is 12.8. The van der Waals surface area contributed by atoms with Crippen molar-refractivity contribution in [1.82, 2.24) is 5.32 Å². The van der Waals surface area contributed by atoms with Crippen LogP contribution in [-0.4, -0.2) is 13.7 Å². The quantitative estimate of drug-likeness (QED) is 0.840. The molecular weight excluding hydrogens is 246 g/mol. The summed E-state index contributed by atoms with van der Waals surface area (Å²) in [6, 6.07) is 8.91. The van der Waals surface area contributed by atoms with Crippen LogP contribution in [0.2, 0.25) is 0 Å². The summed E-state index contributed by atoms with van der Waals surface area (Å²) in [6.07, 6.45) is 6.86. The van der Waals surface area contributed by atoms with Crippen molar-refractivity contribution >= 4 is 0 Å². The van der Waals surface area contributed by atoms with Gasteiger partial charge < -0.3 is 10.1 Å². The molecule has 2 fully saturated rings. The Balaban J connectivity index is 1.65. The fourth-order valence-electron chi connectivity index (χ4n) is 4.26. The molecule has 0 aliphatic heterocycles. The molecule has 20 heavy (non-hydrogen) atoms. The molecule has 3 rings (SSSR count). The van der Waals surface area contributed by atoms with Gasteiger partial charge in [0.05, 0.1) is 6.61 Å². The van der Waals surface area contributed by atoms with E-state index < -0.39 is 0 Å². The summed E-state index contributed by atoms with van der Waals surface area (Å²) in [4.78, 5) is 0. The van der Waals surface area contributed by atoms with E-state index in [1.54, 1.807) is 0 Å². The van der Waals surface area contributed by atoms with E-state index in [2.05, 4.69) is 36.5 Å². The number of nitrogens with one attached hydrogen (secondary N) is 1. The second-order valence-electron chi connectivity index (χ2n) is 6.53. The zero-order valence-corrected chi connectivity index (χ0v) is 12.8. The van der Waals surface area contributed by atoms with Crippen LogP contribution in [0, 0.1) is 17.8 Å². The summed E-state index contributed by atoms with van der Waals surface area (Å²) in [5.41, 5.74) is 1.31. The average Bonchev–Trinajstić information content (AvgIpc) is 3.10. The first-order chi connectivity index (χ1) is 9.81. The highest BCUT2D eigenvalue weighted by Crippen LogP contribution is 2.48. The van der Waals surface area contributed by atoms with Crippen LogP contribution in [0.4, 0.5) is 0 Å². The summed E-state index contributed by atoms with van der Waals surface area (Å²) >= 11 is 0. The Kier molecular flexibility index (Phi) is 4.30. The van der Waals surface area contributed by atoms with E-state index in [1.807, 2.05) is 7.05 Å². The summed E-state index contributed by atoms with van der Waals surface area (Å²) in [5, 5.41) is 3.38. The first kappa shape index (κ1) is 13.9. The molecule has 0 aromatic heterocycles. The lowest BCUT2D eigenvalue weighted by atomic mass is 9.89. The van der Waals surface area contributed by atoms with Crippen molar-refractivity contribution in [3.8, 4) is 5.75 Å². The molecule has 4 atom stereocenters. The standard InChI is InChI=1S/C18H27NO/c1-3-17(19-2)16-6-4-5-7-18(16)20-12-15-11-13-8-9-14(15)10-13/h4-7,13-15,17,19H,3,8-12H2,1-2H3. The van der Waals surface area contributed by atoms with Crippen molar-refractivity contribution in [2.24, 2.45) is 17.8 Å². The van der Waals surface area contributed by atoms with Gasteiger partial charge in [-0.1, -0.05) is 31.5 Å². The van der Waals surface area contributed by atoms with Gasteiger partial charge in [0.1, 0.15) is 5.75 Å². The van der Waals surface area contributed by atoms with Crippen LogP contribution in [0.3, 0.4) is 0 Å². The van der Waals surface area contributed by atoms with Crippen molar-refractivity contribution in [3.63, 3.8) is 0 Å². The molecule has 1 N–H and O–H groups in total. The molecule has 0 radical (unpaired) electrons. The number of ether oxygens (including phenoxy) is 1. The van der Waals surface area contributed by atoms with Gasteiger partial charge in [0.25, 0.3) is 0 Å². The summed E-state index contributed by atoms with van der Waals surface area (Å²) in [7, 11) is 2.03. The lowest BCUT2D eigenvalue weighted by Gasteiger charge is -2.24. The number of hydrogen-bond donors (Lipinski definition) is 1. The number of benzene rings is 1. The van der Waals surface area contributed by atoms with Crippen LogP contribution in [0.15, 0.2) is 24.3 Å². The molecule has 0 spiro atoms. The van der Waals surface area contributed by atoms with E-state index in [1.165, 1.54) is 31.2 Å². The predicted molar refractivity (Wildman–Crippen MR) is 83.0 cm³/mol. The SMILES string of the molecule is CCC(NC)c1ccccc1OCC1CC2CCC1C2. The largest absolute Gasteiger partial charge is 0.493 e. The molecule has 2 nitrogen and oxygen atoms in total. The van der Waals surface area contributed by atoms with Gasteiger partial charge in [-0.3, -0.25) is 0 Å². The first-order valence-electron chi connectivity index (χ1n) is 8.20. The Morgan fingerprint density at radius 1 is 1.25 bits per heavy atom. The molecule has 1 aromatic rings. The van der Waals surface area contributed by atoms with Crippen LogP contribution < -0.4 is 10.1 Å². The third-order valence-electron chi connectivity index (χ3n) is 5.39. The average molecular weight is 273 g/mol. The smallest absolute Gasteiger partial charge is 0.124 e. The van der Waals surface area contributed by atoms with Crippen LogP contribution in [0.1, 0.15) is 50.6 Å². The van der Waals surface area contributed by atoms with Crippen LogP contribution >= 0.6 is 0 Å². The Morgan fingerprint density at radius 2 is 2.10 bits per heavy atom. The third-order valence-corrected chi connectivity index (χ3v) is 5.39. The van der Waals surface area contributed by atoms with E-state index in [9.17, 15) is 0 Å². The van der Waals surface area contributed by atoms with Gasteiger partial charge in [-0.25, -0.2) is 0 Å². The predicted octanol–water partition coefficient (Wildman–Crippen LogP) is 4.17. The van der Waals surface area contributed by atoms with Crippen molar-refractivity contribution in [3.05, 3.63) is 29.8 Å². The van der Waals surface area contributed by atoms with E-state index in [-0.39, 0.29) is 0 Å². The van der Waals surface area contributed by atoms with Crippen LogP contribution in [0.25, 0.3) is 0 Å². The first-order valence-corrected chi connectivity index (χ1v) is 8.20. The molecule has 0 heterocycles. The lowest BCUT2D eigenvalue weighted by molar-refractivity contribution is 0.193. The van der Waals surface area contributed by atoms with E-state index in [4.69, 9.17) is 4.74 Å². The van der Waals surface area contributed by atoms with Gasteiger partial charge in [-0.2, -0.15) is 0 Å². The topological polar surface area (TPSA) is 21.3 Å². The molecule has 2 aliphatic carbocycles. The highest BCUT2D eigenvalue weighted by atomic mass is 16.5. The fraction of sp³-hybridized carbons (Fsp3) is 0.667. The third kappa shape index (κ3) is 2.71. The number of para-hydroxylation sites is 1. The van der Waals surface area contributed by atoms with Crippen molar-refractivity contribution in [2.75, 3.05) is 13.7 Å². The zero-order chi connectivity index (χ0) is 13.9. The van der Waals surface area contributed by atoms with Crippen molar-refractivity contribution in [2.45, 2.75) is 45.1 Å².